The van der Waals surface area contributed by atoms with Crippen LogP contribution in [-0.2, 0) is 17.0 Å². The van der Waals surface area contributed by atoms with E-state index in [0.717, 1.165) is 49.7 Å². The van der Waals surface area contributed by atoms with Crippen LogP contribution in [0.25, 0.3) is 0 Å². The molecule has 1 aromatic rings. The van der Waals surface area contributed by atoms with Gasteiger partial charge in [0.05, 0.1) is 11.1 Å². The van der Waals surface area contributed by atoms with E-state index in [9.17, 15) is 19.8 Å². The fourth-order valence-corrected chi connectivity index (χ4v) is 3.72. The molecule has 5 nitrogen and oxygen atoms in total. The minimum atomic E-state index is -1.23. The Balaban J connectivity index is 3.60. The summed E-state index contributed by atoms with van der Waals surface area (Å²) in [5.74, 6) is -2.45. The number of carbonyl (C=O) groups is 2. The van der Waals surface area contributed by atoms with Gasteiger partial charge in [-0.15, -0.1) is 0 Å². The highest BCUT2D eigenvalue weighted by Crippen LogP contribution is 2.20. The number of unbranched alkanes of at least 4 members (excludes halogenated alkanes) is 2. The van der Waals surface area contributed by atoms with Crippen molar-refractivity contribution in [1.29, 1.82) is 0 Å². The molecular formula is C16H21O5Si2. The largest absolute Gasteiger partial charge is 0.478 e. The molecule has 7 heteroatoms. The predicted octanol–water partition coefficient (Wildman–Crippen LogP) is 2.11. The Kier molecular flexibility index (Phi) is 8.21. The third kappa shape index (κ3) is 5.02. The molecule has 2 N–H and O–H groups in total. The lowest BCUT2D eigenvalue weighted by Crippen LogP contribution is -2.32. The predicted molar refractivity (Wildman–Crippen MR) is 89.8 cm³/mol. The van der Waals surface area contributed by atoms with Crippen LogP contribution >= 0.6 is 0 Å². The molecule has 0 saturated heterocycles. The first-order valence-corrected chi connectivity index (χ1v) is 9.03. The van der Waals surface area contributed by atoms with Crippen molar-refractivity contribution in [2.75, 3.05) is 0 Å². The van der Waals surface area contributed by atoms with Crippen LogP contribution in [0.4, 0.5) is 0 Å². The van der Waals surface area contributed by atoms with E-state index in [1.165, 1.54) is 6.07 Å². The summed E-state index contributed by atoms with van der Waals surface area (Å²) < 4.78 is 5.01. The van der Waals surface area contributed by atoms with Gasteiger partial charge in [0, 0.05) is 0 Å². The van der Waals surface area contributed by atoms with E-state index in [4.69, 9.17) is 4.12 Å². The van der Waals surface area contributed by atoms with Gasteiger partial charge in [0.1, 0.15) is 0 Å². The van der Waals surface area contributed by atoms with Crippen LogP contribution in [0.1, 0.15) is 71.4 Å². The van der Waals surface area contributed by atoms with Crippen molar-refractivity contribution in [2.24, 2.45) is 0 Å². The molecule has 0 atom stereocenters. The monoisotopic (exact) mass is 349 g/mol. The number of carboxylic acids is 2. The lowest BCUT2D eigenvalue weighted by Gasteiger charge is -2.18. The molecular weight excluding hydrogens is 328 g/mol. The summed E-state index contributed by atoms with van der Waals surface area (Å²) in [7, 11) is 2.68. The number of aryl methyl sites for hydroxylation is 1. The third-order valence-electron chi connectivity index (χ3n) is 3.70. The number of rotatable bonds is 10. The second-order valence-electron chi connectivity index (χ2n) is 5.33. The smallest absolute Gasteiger partial charge is 0.336 e. The number of benzene rings is 1. The van der Waals surface area contributed by atoms with Gasteiger partial charge in [-0.25, -0.2) is 9.59 Å². The first-order chi connectivity index (χ1) is 11.0. The Labute approximate surface area is 142 Å². The van der Waals surface area contributed by atoms with Gasteiger partial charge in [-0.1, -0.05) is 26.7 Å². The summed E-state index contributed by atoms with van der Waals surface area (Å²) >= 11 is 0. The van der Waals surface area contributed by atoms with Gasteiger partial charge in [0.2, 0.25) is 10.5 Å². The molecule has 0 aliphatic carbocycles. The van der Waals surface area contributed by atoms with E-state index in [2.05, 4.69) is 24.3 Å². The Hall–Kier alpha value is -1.45. The Bertz CT molecular complexity index is 572. The molecule has 5 radical (unpaired) electrons. The van der Waals surface area contributed by atoms with Crippen molar-refractivity contribution >= 4 is 37.4 Å². The molecule has 0 spiro atoms. The molecule has 0 aliphatic rings. The molecule has 0 aromatic heterocycles. The van der Waals surface area contributed by atoms with Crippen molar-refractivity contribution in [1.82, 2.24) is 0 Å². The first kappa shape index (κ1) is 19.6. The molecule has 1 aromatic carbocycles. The van der Waals surface area contributed by atoms with Crippen LogP contribution in [0.15, 0.2) is 6.07 Å². The molecule has 0 aliphatic heterocycles. The Morgan fingerprint density at radius 3 is 2.22 bits per heavy atom. The lowest BCUT2D eigenvalue weighted by molar-refractivity contribution is 0.0652. The summed E-state index contributed by atoms with van der Waals surface area (Å²) in [6.07, 6.45) is 5.30. The molecule has 23 heavy (non-hydrogen) atoms. The average molecular weight is 350 g/mol. The van der Waals surface area contributed by atoms with E-state index >= 15 is 0 Å². The Morgan fingerprint density at radius 1 is 1.13 bits per heavy atom. The lowest BCUT2D eigenvalue weighted by atomic mass is 9.92. The van der Waals surface area contributed by atoms with E-state index in [0.29, 0.717) is 5.19 Å². The highest BCUT2D eigenvalue weighted by atomic mass is 28.3. The van der Waals surface area contributed by atoms with E-state index in [1.54, 1.807) is 0 Å². The number of aromatic carboxylic acids is 2. The van der Waals surface area contributed by atoms with E-state index < -0.39 is 11.9 Å². The zero-order chi connectivity index (χ0) is 17.4. The quantitative estimate of drug-likeness (QED) is 0.632. The van der Waals surface area contributed by atoms with Crippen LogP contribution in [0, 0.1) is 0 Å². The fourth-order valence-electron chi connectivity index (χ4n) is 2.56. The second-order valence-corrected chi connectivity index (χ2v) is 6.85. The van der Waals surface area contributed by atoms with Crippen molar-refractivity contribution in [2.45, 2.75) is 52.4 Å². The molecule has 0 bridgehead atoms. The fraction of sp³-hybridized carbons (Fsp3) is 0.500. The number of carboxylic acid groups (broad SMARTS) is 2. The topological polar surface area (TPSA) is 83.8 Å². The van der Waals surface area contributed by atoms with Gasteiger partial charge in [0.15, 0.2) is 0 Å². The zero-order valence-corrected chi connectivity index (χ0v) is 15.4. The van der Waals surface area contributed by atoms with Crippen LogP contribution in [0.2, 0.25) is 0 Å². The maximum absolute atomic E-state index is 11.6. The van der Waals surface area contributed by atoms with Gasteiger partial charge in [-0.2, -0.15) is 0 Å². The van der Waals surface area contributed by atoms with Crippen LogP contribution in [0.3, 0.4) is 0 Å². The van der Waals surface area contributed by atoms with E-state index in [1.807, 2.05) is 0 Å². The van der Waals surface area contributed by atoms with Crippen molar-refractivity contribution in [3.8, 4) is 0 Å². The van der Waals surface area contributed by atoms with Crippen molar-refractivity contribution < 1.29 is 23.9 Å². The summed E-state index contributed by atoms with van der Waals surface area (Å²) in [4.78, 5) is 23.2. The molecule has 123 valence electrons. The summed E-state index contributed by atoms with van der Waals surface area (Å²) in [6, 6.07) is 1.54. The van der Waals surface area contributed by atoms with Gasteiger partial charge >= 0.3 is 11.9 Å². The molecule has 0 amide bonds. The summed E-state index contributed by atoms with van der Waals surface area (Å²) in [5.41, 5.74) is 1.55. The summed E-state index contributed by atoms with van der Waals surface area (Å²) in [6.45, 7) is 4.14. The van der Waals surface area contributed by atoms with Crippen LogP contribution in [0.5, 0.6) is 0 Å². The summed E-state index contributed by atoms with van der Waals surface area (Å²) in [5, 5.41) is 19.4. The normalized spacial score (nSPS) is 10.7. The second kappa shape index (κ2) is 9.64. The van der Waals surface area contributed by atoms with Gasteiger partial charge in [-0.05, 0) is 48.1 Å². The van der Waals surface area contributed by atoms with Gasteiger partial charge in [-0.3, -0.25) is 0 Å². The standard InChI is InChI=1S/C16H21O5Si2/c1-3-5-7-10-9-12(15(17)18)13(16(19)20)14(23-21-22)11(10)8-6-4-2/h9H,3-8H2,1-2H3,(H,17,18)(H,19,20). The number of hydrogen-bond acceptors (Lipinski definition) is 3. The Morgan fingerprint density at radius 2 is 1.74 bits per heavy atom. The highest BCUT2D eigenvalue weighted by molar-refractivity contribution is 6.53. The highest BCUT2D eigenvalue weighted by Gasteiger charge is 2.25. The van der Waals surface area contributed by atoms with Crippen molar-refractivity contribution in [3.05, 3.63) is 28.3 Å². The molecule has 0 unspecified atom stereocenters. The minimum absolute atomic E-state index is 0.152. The van der Waals surface area contributed by atoms with Crippen LogP contribution < -0.4 is 5.19 Å². The SMILES string of the molecule is CCCCc1cc(C(=O)O)c(C(=O)O)c([Si]O[Si])c1CCCC. The maximum atomic E-state index is 11.6. The maximum Gasteiger partial charge on any atom is 0.336 e. The minimum Gasteiger partial charge on any atom is -0.478 e. The molecule has 1 rings (SSSR count). The average Bonchev–Trinajstić information content (AvgIpc) is 2.50. The first-order valence-electron chi connectivity index (χ1n) is 7.71. The molecule has 0 saturated carbocycles. The zero-order valence-electron chi connectivity index (χ0n) is 13.4. The molecule has 0 fully saturated rings. The molecule has 0 heterocycles. The van der Waals surface area contributed by atoms with Crippen molar-refractivity contribution in [3.63, 3.8) is 0 Å². The number of hydrogen-bond donors (Lipinski definition) is 2. The van der Waals surface area contributed by atoms with Gasteiger partial charge < -0.3 is 14.3 Å². The van der Waals surface area contributed by atoms with Gasteiger partial charge in [0.25, 0.3) is 9.76 Å². The van der Waals surface area contributed by atoms with E-state index in [-0.39, 0.29) is 20.9 Å². The third-order valence-corrected chi connectivity index (χ3v) is 4.87. The van der Waals surface area contributed by atoms with Crippen LogP contribution in [-0.4, -0.2) is 42.4 Å².